The molecule has 0 unspecified atom stereocenters. The van der Waals surface area contributed by atoms with Gasteiger partial charge in [-0.3, -0.25) is 0 Å². The molecule has 1 aromatic rings. The number of anilines is 2. The van der Waals surface area contributed by atoms with Crippen molar-refractivity contribution in [1.82, 2.24) is 9.97 Å². The van der Waals surface area contributed by atoms with Crippen LogP contribution in [0, 0.1) is 6.92 Å². The monoisotopic (exact) mass is 248 g/mol. The predicted molar refractivity (Wildman–Crippen MR) is 76.0 cm³/mol. The summed E-state index contributed by atoms with van der Waals surface area (Å²) in [4.78, 5) is 8.78. The average Bonchev–Trinajstić information content (AvgIpc) is 2.31. The molecule has 2 N–H and O–H groups in total. The summed E-state index contributed by atoms with van der Waals surface area (Å²) in [5.41, 5.74) is 0. The molecule has 2 rings (SSSR count). The third-order valence-electron chi connectivity index (χ3n) is 3.55. The highest BCUT2D eigenvalue weighted by molar-refractivity contribution is 5.47. The van der Waals surface area contributed by atoms with Crippen LogP contribution in [0.5, 0.6) is 0 Å². The molecule has 1 heterocycles. The highest BCUT2D eigenvalue weighted by Crippen LogP contribution is 2.20. The maximum absolute atomic E-state index is 4.47. The van der Waals surface area contributed by atoms with Crippen molar-refractivity contribution in [3.8, 4) is 0 Å². The fourth-order valence-electron chi connectivity index (χ4n) is 2.58. The van der Waals surface area contributed by atoms with Crippen LogP contribution in [0.15, 0.2) is 6.07 Å². The number of nitrogens with zero attached hydrogens (tertiary/aromatic N) is 2. The lowest BCUT2D eigenvalue weighted by Gasteiger charge is -2.21. The average molecular weight is 248 g/mol. The van der Waals surface area contributed by atoms with Crippen LogP contribution in [-0.2, 0) is 0 Å². The van der Waals surface area contributed by atoms with Crippen molar-refractivity contribution in [1.29, 1.82) is 0 Å². The quantitative estimate of drug-likeness (QED) is 0.861. The fourth-order valence-corrected chi connectivity index (χ4v) is 2.58. The fraction of sp³-hybridized carbons (Fsp3) is 0.714. The van der Waals surface area contributed by atoms with E-state index < -0.39 is 0 Å². The maximum Gasteiger partial charge on any atom is 0.132 e. The van der Waals surface area contributed by atoms with Crippen LogP contribution < -0.4 is 10.6 Å². The number of aryl methyl sites for hydroxylation is 1. The maximum atomic E-state index is 4.47. The Morgan fingerprint density at radius 2 is 1.61 bits per heavy atom. The van der Waals surface area contributed by atoms with Crippen LogP contribution in [0.4, 0.5) is 11.6 Å². The first kappa shape index (κ1) is 13.1. The second-order valence-electron chi connectivity index (χ2n) is 5.12. The molecular formula is C14H24N4. The first-order chi connectivity index (χ1) is 8.78. The lowest BCUT2D eigenvalue weighted by atomic mass is 9.97. The minimum absolute atomic E-state index is 0.573. The zero-order chi connectivity index (χ0) is 12.8. The van der Waals surface area contributed by atoms with Crippen molar-refractivity contribution in [2.24, 2.45) is 0 Å². The second-order valence-corrected chi connectivity index (χ2v) is 5.12. The van der Waals surface area contributed by atoms with E-state index in [1.807, 2.05) is 20.0 Å². The van der Waals surface area contributed by atoms with E-state index in [0.29, 0.717) is 6.04 Å². The summed E-state index contributed by atoms with van der Waals surface area (Å²) in [6.07, 6.45) is 9.35. The number of aromatic nitrogens is 2. The summed E-state index contributed by atoms with van der Waals surface area (Å²) < 4.78 is 0. The van der Waals surface area contributed by atoms with Crippen LogP contribution in [0.2, 0.25) is 0 Å². The molecule has 0 spiro atoms. The van der Waals surface area contributed by atoms with Crippen LogP contribution in [0.25, 0.3) is 0 Å². The Balaban J connectivity index is 2.00. The van der Waals surface area contributed by atoms with Gasteiger partial charge in [0, 0.05) is 19.2 Å². The number of rotatable bonds is 3. The molecule has 0 aromatic carbocycles. The normalized spacial score (nSPS) is 17.9. The summed E-state index contributed by atoms with van der Waals surface area (Å²) in [6.45, 7) is 1.93. The Morgan fingerprint density at radius 1 is 1.00 bits per heavy atom. The standard InChI is InChI=1S/C14H24N4/c1-11-16-13(15-2)10-14(17-11)18-12-8-6-4-3-5-7-9-12/h10,12H,3-9H2,1-2H3,(H2,15,16,17,18). The Hall–Kier alpha value is -1.32. The van der Waals surface area contributed by atoms with Gasteiger partial charge in [-0.1, -0.05) is 32.1 Å². The molecule has 100 valence electrons. The molecule has 18 heavy (non-hydrogen) atoms. The molecule has 0 atom stereocenters. The topological polar surface area (TPSA) is 49.8 Å². The van der Waals surface area contributed by atoms with E-state index >= 15 is 0 Å². The van der Waals surface area contributed by atoms with E-state index in [0.717, 1.165) is 17.5 Å². The number of hydrogen-bond acceptors (Lipinski definition) is 4. The zero-order valence-corrected chi connectivity index (χ0v) is 11.5. The highest BCUT2D eigenvalue weighted by Gasteiger charge is 2.12. The molecule has 1 aromatic heterocycles. The van der Waals surface area contributed by atoms with Crippen molar-refractivity contribution < 1.29 is 0 Å². The molecule has 1 fully saturated rings. The predicted octanol–water partition coefficient (Wildman–Crippen LogP) is 3.35. The Labute approximate surface area is 110 Å². The van der Waals surface area contributed by atoms with E-state index in [1.54, 1.807) is 0 Å². The Morgan fingerprint density at radius 3 is 2.28 bits per heavy atom. The molecule has 1 aliphatic rings. The summed E-state index contributed by atoms with van der Waals surface area (Å²) in [7, 11) is 1.89. The summed E-state index contributed by atoms with van der Waals surface area (Å²) in [5.74, 6) is 2.66. The van der Waals surface area contributed by atoms with Gasteiger partial charge in [0.05, 0.1) is 0 Å². The van der Waals surface area contributed by atoms with E-state index in [1.165, 1.54) is 44.9 Å². The largest absolute Gasteiger partial charge is 0.373 e. The van der Waals surface area contributed by atoms with Gasteiger partial charge in [-0.15, -0.1) is 0 Å². The van der Waals surface area contributed by atoms with Gasteiger partial charge in [0.1, 0.15) is 17.5 Å². The van der Waals surface area contributed by atoms with Crippen LogP contribution in [0.1, 0.15) is 50.8 Å². The van der Waals surface area contributed by atoms with Crippen LogP contribution in [0.3, 0.4) is 0 Å². The second kappa shape index (κ2) is 6.57. The van der Waals surface area contributed by atoms with E-state index in [4.69, 9.17) is 0 Å². The first-order valence-corrected chi connectivity index (χ1v) is 7.08. The van der Waals surface area contributed by atoms with Crippen molar-refractivity contribution >= 4 is 11.6 Å². The summed E-state index contributed by atoms with van der Waals surface area (Å²) in [6, 6.07) is 2.57. The van der Waals surface area contributed by atoms with Gasteiger partial charge in [0.2, 0.25) is 0 Å². The molecular weight excluding hydrogens is 224 g/mol. The SMILES string of the molecule is CNc1cc(NC2CCCCCCC2)nc(C)n1. The highest BCUT2D eigenvalue weighted by atomic mass is 15.1. The van der Waals surface area contributed by atoms with Gasteiger partial charge in [-0.05, 0) is 19.8 Å². The molecule has 0 radical (unpaired) electrons. The van der Waals surface area contributed by atoms with E-state index in [2.05, 4.69) is 20.6 Å². The lowest BCUT2D eigenvalue weighted by molar-refractivity contribution is 0.470. The van der Waals surface area contributed by atoms with E-state index in [9.17, 15) is 0 Å². The molecule has 1 aliphatic carbocycles. The van der Waals surface area contributed by atoms with Gasteiger partial charge in [-0.2, -0.15) is 0 Å². The van der Waals surface area contributed by atoms with Gasteiger partial charge in [-0.25, -0.2) is 9.97 Å². The zero-order valence-electron chi connectivity index (χ0n) is 11.5. The van der Waals surface area contributed by atoms with Gasteiger partial charge < -0.3 is 10.6 Å². The molecule has 0 amide bonds. The summed E-state index contributed by atoms with van der Waals surface area (Å²) >= 11 is 0. The third-order valence-corrected chi connectivity index (χ3v) is 3.55. The van der Waals surface area contributed by atoms with Crippen molar-refractivity contribution in [2.75, 3.05) is 17.7 Å². The van der Waals surface area contributed by atoms with E-state index in [-0.39, 0.29) is 0 Å². The number of nitrogens with one attached hydrogen (secondary N) is 2. The Kier molecular flexibility index (Phi) is 4.79. The lowest BCUT2D eigenvalue weighted by Crippen LogP contribution is -2.21. The third kappa shape index (κ3) is 3.86. The van der Waals surface area contributed by atoms with Gasteiger partial charge in [0.15, 0.2) is 0 Å². The smallest absolute Gasteiger partial charge is 0.132 e. The molecule has 1 saturated carbocycles. The number of hydrogen-bond donors (Lipinski definition) is 2. The van der Waals surface area contributed by atoms with Gasteiger partial charge >= 0.3 is 0 Å². The first-order valence-electron chi connectivity index (χ1n) is 7.08. The molecule has 0 saturated heterocycles. The minimum atomic E-state index is 0.573. The van der Waals surface area contributed by atoms with Crippen molar-refractivity contribution in [3.63, 3.8) is 0 Å². The van der Waals surface area contributed by atoms with Crippen LogP contribution >= 0.6 is 0 Å². The van der Waals surface area contributed by atoms with Crippen LogP contribution in [-0.4, -0.2) is 23.1 Å². The molecule has 4 nitrogen and oxygen atoms in total. The molecule has 0 aliphatic heterocycles. The van der Waals surface area contributed by atoms with Crippen molar-refractivity contribution in [3.05, 3.63) is 11.9 Å². The Bertz CT molecular complexity index is 370. The summed E-state index contributed by atoms with van der Waals surface area (Å²) in [5, 5.41) is 6.65. The van der Waals surface area contributed by atoms with Crippen molar-refractivity contribution in [2.45, 2.75) is 57.9 Å². The van der Waals surface area contributed by atoms with Gasteiger partial charge in [0.25, 0.3) is 0 Å². The molecule has 4 heteroatoms. The molecule has 0 bridgehead atoms. The minimum Gasteiger partial charge on any atom is -0.373 e.